The molecule has 0 amide bonds. The zero-order valence-corrected chi connectivity index (χ0v) is 12.1. The fraction of sp³-hybridized carbons (Fsp3) is 0.538. The van der Waals surface area contributed by atoms with Crippen molar-refractivity contribution in [2.75, 3.05) is 19.7 Å². The van der Waals surface area contributed by atoms with Gasteiger partial charge in [-0.1, -0.05) is 13.0 Å². The number of hydrogen-bond donors (Lipinski definition) is 1. The molecule has 0 radical (unpaired) electrons. The van der Waals surface area contributed by atoms with E-state index in [1.54, 1.807) is 0 Å². The predicted molar refractivity (Wildman–Crippen MR) is 71.1 cm³/mol. The van der Waals surface area contributed by atoms with Crippen molar-refractivity contribution in [1.29, 1.82) is 0 Å². The number of nitrogens with zero attached hydrogens (tertiary/aromatic N) is 1. The Balaban J connectivity index is 2.37. The van der Waals surface area contributed by atoms with Crippen LogP contribution in [0.25, 0.3) is 0 Å². The first-order valence-corrected chi connectivity index (χ1v) is 7.94. The maximum Gasteiger partial charge on any atom is 0.243 e. The molecular weight excluding hydrogens is 285 g/mol. The van der Waals surface area contributed by atoms with E-state index in [0.717, 1.165) is 12.1 Å². The molecule has 1 saturated heterocycles. The number of benzene rings is 1. The second-order valence-corrected chi connectivity index (χ2v) is 6.58. The van der Waals surface area contributed by atoms with Crippen LogP contribution in [0.1, 0.15) is 18.9 Å². The number of sulfonamides is 1. The van der Waals surface area contributed by atoms with Gasteiger partial charge in [-0.3, -0.25) is 0 Å². The summed E-state index contributed by atoms with van der Waals surface area (Å²) in [6, 6.07) is 3.38. The maximum atomic E-state index is 13.3. The summed E-state index contributed by atoms with van der Waals surface area (Å²) >= 11 is 0. The van der Waals surface area contributed by atoms with Gasteiger partial charge in [0.05, 0.1) is 24.2 Å². The average Bonchev–Trinajstić information content (AvgIpc) is 2.47. The van der Waals surface area contributed by atoms with Crippen molar-refractivity contribution >= 4 is 10.0 Å². The van der Waals surface area contributed by atoms with Crippen molar-refractivity contribution in [3.05, 3.63) is 29.6 Å². The highest BCUT2D eigenvalue weighted by molar-refractivity contribution is 7.89. The molecule has 1 aromatic rings. The molecule has 2 rings (SSSR count). The molecule has 0 aliphatic carbocycles. The van der Waals surface area contributed by atoms with Crippen LogP contribution < -0.4 is 0 Å². The number of hydrogen-bond acceptors (Lipinski definition) is 4. The molecular formula is C13H18FNO4S. The quantitative estimate of drug-likeness (QED) is 0.905. The highest BCUT2D eigenvalue weighted by Crippen LogP contribution is 2.24. The van der Waals surface area contributed by atoms with Crippen LogP contribution >= 0.6 is 0 Å². The molecule has 112 valence electrons. The van der Waals surface area contributed by atoms with E-state index in [1.165, 1.54) is 10.4 Å². The summed E-state index contributed by atoms with van der Waals surface area (Å²) in [5.74, 6) is -0.638. The first kappa shape index (κ1) is 15.4. The Morgan fingerprint density at radius 3 is 2.90 bits per heavy atom. The van der Waals surface area contributed by atoms with Gasteiger partial charge in [0.15, 0.2) is 0 Å². The van der Waals surface area contributed by atoms with Crippen LogP contribution in [0.4, 0.5) is 4.39 Å². The number of aliphatic hydroxyl groups excluding tert-OH is 1. The van der Waals surface area contributed by atoms with Gasteiger partial charge in [0.2, 0.25) is 10.0 Å². The first-order chi connectivity index (χ1) is 9.48. The van der Waals surface area contributed by atoms with Gasteiger partial charge in [-0.2, -0.15) is 4.31 Å². The zero-order valence-electron chi connectivity index (χ0n) is 11.3. The predicted octanol–water partition coefficient (Wildman–Crippen LogP) is 1.12. The fourth-order valence-corrected chi connectivity index (χ4v) is 3.88. The molecule has 1 atom stereocenters. The van der Waals surface area contributed by atoms with Crippen LogP contribution in [-0.2, 0) is 21.4 Å². The summed E-state index contributed by atoms with van der Waals surface area (Å²) in [7, 11) is -3.82. The largest absolute Gasteiger partial charge is 0.392 e. The Morgan fingerprint density at radius 2 is 2.25 bits per heavy atom. The highest BCUT2D eigenvalue weighted by atomic mass is 32.2. The average molecular weight is 303 g/mol. The van der Waals surface area contributed by atoms with Gasteiger partial charge >= 0.3 is 0 Å². The first-order valence-electron chi connectivity index (χ1n) is 6.50. The maximum absolute atomic E-state index is 13.3. The minimum atomic E-state index is -3.82. The second kappa shape index (κ2) is 6.17. The van der Waals surface area contributed by atoms with Gasteiger partial charge in [0.1, 0.15) is 5.82 Å². The lowest BCUT2D eigenvalue weighted by Crippen LogP contribution is -2.45. The van der Waals surface area contributed by atoms with Crippen molar-refractivity contribution in [2.24, 2.45) is 0 Å². The van der Waals surface area contributed by atoms with Crippen molar-refractivity contribution < 1.29 is 22.7 Å². The standard InChI is InChI=1S/C13H18FNO4S/c1-2-12-8-15(5-6-19-12)20(17,18)13-7-11(14)4-3-10(13)9-16/h3-4,7,12,16H,2,5-6,8-9H2,1H3. The van der Waals surface area contributed by atoms with E-state index in [-0.39, 0.29) is 29.7 Å². The Labute approximate surface area is 118 Å². The smallest absolute Gasteiger partial charge is 0.243 e. The summed E-state index contributed by atoms with van der Waals surface area (Å²) in [6.07, 6.45) is 0.562. The molecule has 1 N–H and O–H groups in total. The third-order valence-electron chi connectivity index (χ3n) is 3.37. The van der Waals surface area contributed by atoms with Gasteiger partial charge in [0, 0.05) is 13.1 Å². The number of morpholine rings is 1. The number of aliphatic hydroxyl groups is 1. The van der Waals surface area contributed by atoms with E-state index in [4.69, 9.17) is 4.74 Å². The number of rotatable bonds is 4. The molecule has 0 aromatic heterocycles. The third kappa shape index (κ3) is 3.01. The topological polar surface area (TPSA) is 66.8 Å². The lowest BCUT2D eigenvalue weighted by Gasteiger charge is -2.32. The molecule has 1 heterocycles. The van der Waals surface area contributed by atoms with E-state index in [2.05, 4.69) is 0 Å². The second-order valence-electron chi connectivity index (χ2n) is 4.67. The number of ether oxygens (including phenoxy) is 1. The summed E-state index contributed by atoms with van der Waals surface area (Å²) < 4.78 is 45.2. The Bertz CT molecular complexity index is 576. The Morgan fingerprint density at radius 1 is 1.50 bits per heavy atom. The van der Waals surface area contributed by atoms with E-state index < -0.39 is 22.4 Å². The van der Waals surface area contributed by atoms with E-state index in [0.29, 0.717) is 13.0 Å². The molecule has 7 heteroatoms. The third-order valence-corrected chi connectivity index (χ3v) is 5.32. The number of halogens is 1. The molecule has 20 heavy (non-hydrogen) atoms. The molecule has 1 unspecified atom stereocenters. The van der Waals surface area contributed by atoms with Gasteiger partial charge in [0.25, 0.3) is 0 Å². The summed E-state index contributed by atoms with van der Waals surface area (Å²) in [5.41, 5.74) is 0.200. The molecule has 1 fully saturated rings. The molecule has 1 aliphatic rings. The minimum Gasteiger partial charge on any atom is -0.392 e. The molecule has 0 bridgehead atoms. The SMILES string of the molecule is CCC1CN(S(=O)(=O)c2cc(F)ccc2CO)CCO1. The fourth-order valence-electron chi connectivity index (χ4n) is 2.20. The van der Waals surface area contributed by atoms with Gasteiger partial charge < -0.3 is 9.84 Å². The Kier molecular flexibility index (Phi) is 4.74. The van der Waals surface area contributed by atoms with Crippen molar-refractivity contribution in [3.63, 3.8) is 0 Å². The minimum absolute atomic E-state index is 0.148. The van der Waals surface area contributed by atoms with Crippen molar-refractivity contribution in [3.8, 4) is 0 Å². The normalized spacial score (nSPS) is 21.1. The van der Waals surface area contributed by atoms with E-state index >= 15 is 0 Å². The molecule has 5 nitrogen and oxygen atoms in total. The van der Waals surface area contributed by atoms with Gasteiger partial charge in [-0.15, -0.1) is 0 Å². The van der Waals surface area contributed by atoms with Crippen LogP contribution in [0.5, 0.6) is 0 Å². The van der Waals surface area contributed by atoms with Crippen molar-refractivity contribution in [1.82, 2.24) is 4.31 Å². The van der Waals surface area contributed by atoms with Crippen LogP contribution in [-0.4, -0.2) is 43.6 Å². The lowest BCUT2D eigenvalue weighted by molar-refractivity contribution is -0.00280. The van der Waals surface area contributed by atoms with Crippen LogP contribution in [0.2, 0.25) is 0 Å². The summed E-state index contributed by atoms with van der Waals surface area (Å²) in [5, 5.41) is 9.24. The monoisotopic (exact) mass is 303 g/mol. The van der Waals surface area contributed by atoms with Gasteiger partial charge in [-0.05, 0) is 24.1 Å². The summed E-state index contributed by atoms with van der Waals surface area (Å²) in [4.78, 5) is -0.170. The van der Waals surface area contributed by atoms with Crippen LogP contribution in [0, 0.1) is 5.82 Å². The van der Waals surface area contributed by atoms with Gasteiger partial charge in [-0.25, -0.2) is 12.8 Å². The Hall–Kier alpha value is -1.02. The summed E-state index contributed by atoms with van der Waals surface area (Å²) in [6.45, 7) is 2.28. The lowest BCUT2D eigenvalue weighted by atomic mass is 10.2. The van der Waals surface area contributed by atoms with E-state index in [9.17, 15) is 17.9 Å². The van der Waals surface area contributed by atoms with Crippen molar-refractivity contribution in [2.45, 2.75) is 31.0 Å². The highest BCUT2D eigenvalue weighted by Gasteiger charge is 2.31. The van der Waals surface area contributed by atoms with Crippen LogP contribution in [0.3, 0.4) is 0 Å². The zero-order chi connectivity index (χ0) is 14.8. The molecule has 0 spiro atoms. The van der Waals surface area contributed by atoms with E-state index in [1.807, 2.05) is 6.92 Å². The molecule has 1 aliphatic heterocycles. The molecule has 1 aromatic carbocycles. The molecule has 0 saturated carbocycles. The van der Waals surface area contributed by atoms with Crippen LogP contribution in [0.15, 0.2) is 23.1 Å².